The first-order valence-electron chi connectivity index (χ1n) is 4.53. The van der Waals surface area contributed by atoms with Gasteiger partial charge in [0.25, 0.3) is 0 Å². The van der Waals surface area contributed by atoms with Crippen molar-refractivity contribution >= 4 is 0 Å². The van der Waals surface area contributed by atoms with Gasteiger partial charge in [-0.25, -0.2) is 0 Å². The zero-order valence-corrected chi connectivity index (χ0v) is 8.69. The SMILES string of the molecule is C/C=C/CCCC.C=C.CC. The number of rotatable bonds is 3. The molecule has 0 fully saturated rings. The van der Waals surface area contributed by atoms with E-state index in [0.717, 1.165) is 0 Å². The molecule has 0 rings (SSSR count). The summed E-state index contributed by atoms with van der Waals surface area (Å²) in [5.74, 6) is 0. The summed E-state index contributed by atoms with van der Waals surface area (Å²) in [5, 5.41) is 0. The summed E-state index contributed by atoms with van der Waals surface area (Å²) in [5.41, 5.74) is 0. The van der Waals surface area contributed by atoms with Crippen LogP contribution in [0.5, 0.6) is 0 Å². The minimum atomic E-state index is 1.26. The quantitative estimate of drug-likeness (QED) is 0.414. The van der Waals surface area contributed by atoms with Crippen molar-refractivity contribution in [3.63, 3.8) is 0 Å². The third-order valence-electron chi connectivity index (χ3n) is 0.960. The maximum absolute atomic E-state index is 3.00. The van der Waals surface area contributed by atoms with Crippen molar-refractivity contribution in [1.82, 2.24) is 0 Å². The highest BCUT2D eigenvalue weighted by Crippen LogP contribution is 1.93. The van der Waals surface area contributed by atoms with Crippen molar-refractivity contribution in [2.75, 3.05) is 0 Å². The molecule has 0 aliphatic heterocycles. The maximum atomic E-state index is 3.00. The Balaban J connectivity index is -0.000000138. The lowest BCUT2D eigenvalue weighted by Crippen LogP contribution is -1.63. The molecule has 0 nitrogen and oxygen atoms in total. The highest BCUT2D eigenvalue weighted by Gasteiger charge is 1.73. The first kappa shape index (κ1) is 16.8. The van der Waals surface area contributed by atoms with E-state index in [4.69, 9.17) is 0 Å². The third kappa shape index (κ3) is 43.8. The van der Waals surface area contributed by atoms with E-state index >= 15 is 0 Å². The molecule has 0 aliphatic rings. The van der Waals surface area contributed by atoms with Crippen LogP contribution in [0.2, 0.25) is 0 Å². The fraction of sp³-hybridized carbons (Fsp3) is 0.636. The van der Waals surface area contributed by atoms with Gasteiger partial charge in [-0.3, -0.25) is 0 Å². The molecule has 0 N–H and O–H groups in total. The minimum Gasteiger partial charge on any atom is -0.106 e. The molecule has 68 valence electrons. The summed E-state index contributed by atoms with van der Waals surface area (Å²) < 4.78 is 0. The van der Waals surface area contributed by atoms with Crippen LogP contribution in [0, 0.1) is 0 Å². The van der Waals surface area contributed by atoms with Crippen LogP contribution in [-0.2, 0) is 0 Å². The van der Waals surface area contributed by atoms with E-state index in [2.05, 4.69) is 39.2 Å². The molecule has 0 aromatic heterocycles. The molecule has 0 aliphatic carbocycles. The predicted molar refractivity (Wildman–Crippen MR) is 56.9 cm³/mol. The Labute approximate surface area is 73.0 Å². The van der Waals surface area contributed by atoms with Crippen molar-refractivity contribution in [1.29, 1.82) is 0 Å². The summed E-state index contributed by atoms with van der Waals surface area (Å²) in [6.07, 6.45) is 8.22. The zero-order valence-electron chi connectivity index (χ0n) is 8.69. The lowest BCUT2D eigenvalue weighted by Gasteiger charge is -1.83. The Morgan fingerprint density at radius 2 is 1.64 bits per heavy atom. The van der Waals surface area contributed by atoms with Crippen LogP contribution in [-0.4, -0.2) is 0 Å². The van der Waals surface area contributed by atoms with E-state index in [1.807, 2.05) is 13.8 Å². The van der Waals surface area contributed by atoms with E-state index in [9.17, 15) is 0 Å². The Morgan fingerprint density at radius 1 is 1.18 bits per heavy atom. The molecule has 0 aromatic carbocycles. The van der Waals surface area contributed by atoms with Crippen molar-refractivity contribution < 1.29 is 0 Å². The minimum absolute atomic E-state index is 1.26. The average molecular weight is 156 g/mol. The molecule has 0 heteroatoms. The Bertz CT molecular complexity index is 53.1. The van der Waals surface area contributed by atoms with Crippen LogP contribution >= 0.6 is 0 Å². The molecule has 11 heavy (non-hydrogen) atoms. The molecular formula is C11H24. The first-order valence-corrected chi connectivity index (χ1v) is 4.53. The van der Waals surface area contributed by atoms with Crippen LogP contribution in [0.15, 0.2) is 25.3 Å². The van der Waals surface area contributed by atoms with Crippen LogP contribution < -0.4 is 0 Å². The Morgan fingerprint density at radius 3 is 1.91 bits per heavy atom. The maximum Gasteiger partial charge on any atom is -0.0351 e. The lowest BCUT2D eigenvalue weighted by atomic mass is 10.2. The molecule has 0 radical (unpaired) electrons. The van der Waals surface area contributed by atoms with Gasteiger partial charge >= 0.3 is 0 Å². The van der Waals surface area contributed by atoms with Crippen molar-refractivity contribution in [2.45, 2.75) is 47.0 Å². The van der Waals surface area contributed by atoms with E-state index in [1.165, 1.54) is 19.3 Å². The summed E-state index contributed by atoms with van der Waals surface area (Å²) in [6, 6.07) is 0. The third-order valence-corrected chi connectivity index (χ3v) is 0.960. The molecule has 0 atom stereocenters. The predicted octanol–water partition coefficient (Wildman–Crippen LogP) is 4.58. The summed E-state index contributed by atoms with van der Waals surface area (Å²) in [6.45, 7) is 14.3. The molecule has 0 heterocycles. The number of hydrogen-bond acceptors (Lipinski definition) is 0. The van der Waals surface area contributed by atoms with Crippen LogP contribution in [0.4, 0.5) is 0 Å². The molecule has 0 bridgehead atoms. The second-order valence-electron chi connectivity index (χ2n) is 1.71. The fourth-order valence-corrected chi connectivity index (χ4v) is 0.489. The first-order chi connectivity index (χ1) is 5.41. The Kier molecular flexibility index (Phi) is 52.0. The van der Waals surface area contributed by atoms with Gasteiger partial charge < -0.3 is 0 Å². The Hall–Kier alpha value is -0.520. The van der Waals surface area contributed by atoms with Gasteiger partial charge in [-0.1, -0.05) is 45.8 Å². The van der Waals surface area contributed by atoms with Gasteiger partial charge in [-0.2, -0.15) is 0 Å². The monoisotopic (exact) mass is 156 g/mol. The van der Waals surface area contributed by atoms with Crippen molar-refractivity contribution in [2.24, 2.45) is 0 Å². The molecule has 0 spiro atoms. The highest BCUT2D eigenvalue weighted by molar-refractivity contribution is 4.75. The molecule has 0 saturated heterocycles. The van der Waals surface area contributed by atoms with Gasteiger partial charge in [-0.15, -0.1) is 13.2 Å². The van der Waals surface area contributed by atoms with Crippen LogP contribution in [0.1, 0.15) is 47.0 Å². The molecular weight excluding hydrogens is 132 g/mol. The summed E-state index contributed by atoms with van der Waals surface area (Å²) >= 11 is 0. The molecule has 0 amide bonds. The number of allylic oxidation sites excluding steroid dienone is 2. The molecule has 0 saturated carbocycles. The summed E-state index contributed by atoms with van der Waals surface area (Å²) in [4.78, 5) is 0. The van der Waals surface area contributed by atoms with Gasteiger partial charge in [0.1, 0.15) is 0 Å². The second-order valence-corrected chi connectivity index (χ2v) is 1.71. The standard InChI is InChI=1S/C7H14.C2H6.C2H4/c1-3-5-7-6-4-2;2*1-2/h3,5H,4,6-7H2,1-2H3;1-2H3;1-2H2/b5-3+;;. The number of hydrogen-bond donors (Lipinski definition) is 0. The smallest absolute Gasteiger partial charge is 0.0351 e. The van der Waals surface area contributed by atoms with Crippen molar-refractivity contribution in [3.8, 4) is 0 Å². The van der Waals surface area contributed by atoms with Gasteiger partial charge in [0.15, 0.2) is 0 Å². The van der Waals surface area contributed by atoms with Crippen molar-refractivity contribution in [3.05, 3.63) is 25.3 Å². The number of unbranched alkanes of at least 4 members (excludes halogenated alkanes) is 2. The molecule has 0 unspecified atom stereocenters. The second kappa shape index (κ2) is 34.0. The van der Waals surface area contributed by atoms with E-state index in [1.54, 1.807) is 0 Å². The normalized spacial score (nSPS) is 7.64. The van der Waals surface area contributed by atoms with Gasteiger partial charge in [0, 0.05) is 0 Å². The summed E-state index contributed by atoms with van der Waals surface area (Å²) in [7, 11) is 0. The average Bonchev–Trinajstić information content (AvgIpc) is 2.13. The topological polar surface area (TPSA) is 0 Å². The highest BCUT2D eigenvalue weighted by atomic mass is 13.8. The largest absolute Gasteiger partial charge is 0.106 e. The van der Waals surface area contributed by atoms with E-state index in [0.29, 0.717) is 0 Å². The lowest BCUT2D eigenvalue weighted by molar-refractivity contribution is 0.814. The van der Waals surface area contributed by atoms with Gasteiger partial charge in [-0.05, 0) is 13.3 Å². The van der Waals surface area contributed by atoms with Gasteiger partial charge in [0.05, 0.1) is 0 Å². The van der Waals surface area contributed by atoms with Crippen LogP contribution in [0.25, 0.3) is 0 Å². The van der Waals surface area contributed by atoms with E-state index < -0.39 is 0 Å². The molecule has 0 aromatic rings. The van der Waals surface area contributed by atoms with Gasteiger partial charge in [0.2, 0.25) is 0 Å². The zero-order chi connectivity index (χ0) is 9.54. The van der Waals surface area contributed by atoms with Crippen LogP contribution in [0.3, 0.4) is 0 Å². The van der Waals surface area contributed by atoms with E-state index in [-0.39, 0.29) is 0 Å². The fourth-order valence-electron chi connectivity index (χ4n) is 0.489.